The van der Waals surface area contributed by atoms with Crippen LogP contribution < -0.4 is 10.5 Å². The standard InChI is InChI=1S/C12H12N2O/c1-9-4-2-3-5-11(9)15-12-6-7-14-8-10(12)13/h2-8H,13H2,1H3. The first-order chi connectivity index (χ1) is 7.27. The maximum atomic E-state index is 5.73. The summed E-state index contributed by atoms with van der Waals surface area (Å²) in [5.74, 6) is 1.45. The van der Waals surface area contributed by atoms with Crippen molar-refractivity contribution < 1.29 is 4.74 Å². The van der Waals surface area contributed by atoms with Crippen LogP contribution in [0.1, 0.15) is 5.56 Å². The molecule has 2 N–H and O–H groups in total. The third-order valence-electron chi connectivity index (χ3n) is 2.12. The second kappa shape index (κ2) is 4.00. The lowest BCUT2D eigenvalue weighted by molar-refractivity contribution is 0.480. The molecule has 0 unspecified atom stereocenters. The Kier molecular flexibility index (Phi) is 2.54. The molecule has 0 saturated heterocycles. The molecule has 0 radical (unpaired) electrons. The normalized spacial score (nSPS) is 9.93. The number of benzene rings is 1. The average molecular weight is 200 g/mol. The second-order valence-electron chi connectivity index (χ2n) is 3.28. The molecule has 0 aliphatic heterocycles. The molecule has 3 nitrogen and oxygen atoms in total. The topological polar surface area (TPSA) is 48.1 Å². The molecule has 2 rings (SSSR count). The van der Waals surface area contributed by atoms with Gasteiger partial charge in [0.15, 0.2) is 5.75 Å². The fourth-order valence-corrected chi connectivity index (χ4v) is 1.28. The summed E-state index contributed by atoms with van der Waals surface area (Å²) in [6.45, 7) is 1.99. The van der Waals surface area contributed by atoms with Crippen molar-refractivity contribution in [2.24, 2.45) is 0 Å². The summed E-state index contributed by atoms with van der Waals surface area (Å²) in [5.41, 5.74) is 7.35. The van der Waals surface area contributed by atoms with Gasteiger partial charge in [0, 0.05) is 12.3 Å². The summed E-state index contributed by atoms with van der Waals surface area (Å²) in [6.07, 6.45) is 3.23. The Morgan fingerprint density at radius 1 is 1.13 bits per heavy atom. The maximum absolute atomic E-state index is 5.73. The average Bonchev–Trinajstić information content (AvgIpc) is 2.24. The van der Waals surface area contributed by atoms with Crippen molar-refractivity contribution in [3.8, 4) is 11.5 Å². The second-order valence-corrected chi connectivity index (χ2v) is 3.28. The zero-order valence-corrected chi connectivity index (χ0v) is 8.47. The van der Waals surface area contributed by atoms with Crippen LogP contribution in [0.3, 0.4) is 0 Å². The number of ether oxygens (including phenoxy) is 1. The van der Waals surface area contributed by atoms with E-state index in [-0.39, 0.29) is 0 Å². The number of rotatable bonds is 2. The van der Waals surface area contributed by atoms with Gasteiger partial charge in [-0.25, -0.2) is 0 Å². The first kappa shape index (κ1) is 9.52. The molecule has 3 heteroatoms. The highest BCUT2D eigenvalue weighted by molar-refractivity contribution is 5.52. The van der Waals surface area contributed by atoms with E-state index in [9.17, 15) is 0 Å². The van der Waals surface area contributed by atoms with E-state index in [0.717, 1.165) is 11.3 Å². The van der Waals surface area contributed by atoms with E-state index in [1.165, 1.54) is 0 Å². The molecule has 0 saturated carbocycles. The minimum absolute atomic E-state index is 0.542. The van der Waals surface area contributed by atoms with Gasteiger partial charge in [-0.1, -0.05) is 18.2 Å². The number of nitrogen functional groups attached to an aromatic ring is 1. The van der Waals surface area contributed by atoms with Crippen molar-refractivity contribution in [3.05, 3.63) is 48.3 Å². The molecule has 0 bridgehead atoms. The predicted octanol–water partition coefficient (Wildman–Crippen LogP) is 2.76. The van der Waals surface area contributed by atoms with Gasteiger partial charge in [-0.3, -0.25) is 4.98 Å². The third-order valence-corrected chi connectivity index (χ3v) is 2.12. The van der Waals surface area contributed by atoms with Gasteiger partial charge >= 0.3 is 0 Å². The van der Waals surface area contributed by atoms with Crippen molar-refractivity contribution in [3.63, 3.8) is 0 Å². The molecule has 1 heterocycles. The Hall–Kier alpha value is -2.03. The summed E-state index contributed by atoms with van der Waals surface area (Å²) in [5, 5.41) is 0. The molecule has 0 atom stereocenters. The number of nitrogens with zero attached hydrogens (tertiary/aromatic N) is 1. The van der Waals surface area contributed by atoms with E-state index in [2.05, 4.69) is 4.98 Å². The zero-order chi connectivity index (χ0) is 10.7. The van der Waals surface area contributed by atoms with Crippen LogP contribution in [0.2, 0.25) is 0 Å². The lowest BCUT2D eigenvalue weighted by atomic mass is 10.2. The van der Waals surface area contributed by atoms with E-state index in [1.54, 1.807) is 18.5 Å². The zero-order valence-electron chi connectivity index (χ0n) is 8.47. The molecule has 1 aromatic carbocycles. The largest absolute Gasteiger partial charge is 0.455 e. The van der Waals surface area contributed by atoms with Crippen molar-refractivity contribution >= 4 is 5.69 Å². The minimum atomic E-state index is 0.542. The maximum Gasteiger partial charge on any atom is 0.153 e. The lowest BCUT2D eigenvalue weighted by Crippen LogP contribution is -1.93. The highest BCUT2D eigenvalue weighted by Crippen LogP contribution is 2.27. The van der Waals surface area contributed by atoms with Crippen LogP contribution in [0.5, 0.6) is 11.5 Å². The Morgan fingerprint density at radius 3 is 2.67 bits per heavy atom. The Labute approximate surface area is 88.5 Å². The van der Waals surface area contributed by atoms with Gasteiger partial charge in [-0.2, -0.15) is 0 Å². The SMILES string of the molecule is Cc1ccccc1Oc1ccncc1N. The van der Waals surface area contributed by atoms with Crippen molar-refractivity contribution in [1.82, 2.24) is 4.98 Å². The van der Waals surface area contributed by atoms with Crippen LogP contribution in [0, 0.1) is 6.92 Å². The summed E-state index contributed by atoms with van der Waals surface area (Å²) >= 11 is 0. The van der Waals surface area contributed by atoms with Gasteiger partial charge in [0.25, 0.3) is 0 Å². The molecule has 0 spiro atoms. The Balaban J connectivity index is 2.30. The Bertz CT molecular complexity index is 425. The van der Waals surface area contributed by atoms with Gasteiger partial charge in [0.1, 0.15) is 5.75 Å². The Morgan fingerprint density at radius 2 is 1.93 bits per heavy atom. The summed E-state index contributed by atoms with van der Waals surface area (Å²) in [4.78, 5) is 3.90. The summed E-state index contributed by atoms with van der Waals surface area (Å²) in [7, 11) is 0. The molecule has 0 fully saturated rings. The van der Waals surface area contributed by atoms with Crippen molar-refractivity contribution in [2.75, 3.05) is 5.73 Å². The highest BCUT2D eigenvalue weighted by Gasteiger charge is 2.02. The molecule has 0 aliphatic carbocycles. The molecule has 1 aromatic heterocycles. The quantitative estimate of drug-likeness (QED) is 0.810. The fourth-order valence-electron chi connectivity index (χ4n) is 1.28. The number of nitrogens with two attached hydrogens (primary N) is 1. The number of hydrogen-bond donors (Lipinski definition) is 1. The first-order valence-electron chi connectivity index (χ1n) is 4.70. The smallest absolute Gasteiger partial charge is 0.153 e. The van der Waals surface area contributed by atoms with Gasteiger partial charge in [-0.05, 0) is 18.6 Å². The third kappa shape index (κ3) is 2.07. The van der Waals surface area contributed by atoms with Crippen molar-refractivity contribution in [2.45, 2.75) is 6.92 Å². The molecule has 2 aromatic rings. The highest BCUT2D eigenvalue weighted by atomic mass is 16.5. The number of hydrogen-bond acceptors (Lipinski definition) is 3. The number of para-hydroxylation sites is 1. The van der Waals surface area contributed by atoms with Gasteiger partial charge in [0.05, 0.1) is 11.9 Å². The molecular weight excluding hydrogens is 188 g/mol. The van der Waals surface area contributed by atoms with Crippen LogP contribution in [0.15, 0.2) is 42.7 Å². The number of anilines is 1. The van der Waals surface area contributed by atoms with Crippen LogP contribution in [-0.2, 0) is 0 Å². The number of pyridine rings is 1. The van der Waals surface area contributed by atoms with Gasteiger partial charge in [-0.15, -0.1) is 0 Å². The van der Waals surface area contributed by atoms with E-state index >= 15 is 0 Å². The minimum Gasteiger partial charge on any atom is -0.455 e. The molecule has 0 aliphatic rings. The number of aromatic nitrogens is 1. The summed E-state index contributed by atoms with van der Waals surface area (Å²) in [6, 6.07) is 9.56. The van der Waals surface area contributed by atoms with E-state index < -0.39 is 0 Å². The van der Waals surface area contributed by atoms with Crippen LogP contribution >= 0.6 is 0 Å². The van der Waals surface area contributed by atoms with Gasteiger partial charge < -0.3 is 10.5 Å². The summed E-state index contributed by atoms with van der Waals surface area (Å²) < 4.78 is 5.67. The molecular formula is C12H12N2O. The van der Waals surface area contributed by atoms with Crippen LogP contribution in [0.4, 0.5) is 5.69 Å². The number of aryl methyl sites for hydroxylation is 1. The molecule has 76 valence electrons. The first-order valence-corrected chi connectivity index (χ1v) is 4.70. The van der Waals surface area contributed by atoms with E-state index in [0.29, 0.717) is 11.4 Å². The molecule has 0 amide bonds. The fraction of sp³-hybridized carbons (Fsp3) is 0.0833. The van der Waals surface area contributed by atoms with Gasteiger partial charge in [0.2, 0.25) is 0 Å². The van der Waals surface area contributed by atoms with Crippen molar-refractivity contribution in [1.29, 1.82) is 0 Å². The van der Waals surface area contributed by atoms with Crippen LogP contribution in [0.25, 0.3) is 0 Å². The predicted molar refractivity (Wildman–Crippen MR) is 59.9 cm³/mol. The van der Waals surface area contributed by atoms with E-state index in [4.69, 9.17) is 10.5 Å². The van der Waals surface area contributed by atoms with E-state index in [1.807, 2.05) is 31.2 Å². The molecule has 15 heavy (non-hydrogen) atoms. The van der Waals surface area contributed by atoms with Crippen LogP contribution in [-0.4, -0.2) is 4.98 Å². The monoisotopic (exact) mass is 200 g/mol. The lowest BCUT2D eigenvalue weighted by Gasteiger charge is -2.09.